The van der Waals surface area contributed by atoms with E-state index in [1.165, 1.54) is 6.92 Å². The van der Waals surface area contributed by atoms with E-state index in [4.69, 9.17) is 4.74 Å². The lowest BCUT2D eigenvalue weighted by atomic mass is 9.88. The van der Waals surface area contributed by atoms with Crippen LogP contribution in [0.15, 0.2) is 30.3 Å². The fourth-order valence-electron chi connectivity index (χ4n) is 2.08. The Labute approximate surface area is 114 Å². The molecule has 0 bridgehead atoms. The van der Waals surface area contributed by atoms with E-state index in [-0.39, 0.29) is 11.9 Å². The fourth-order valence-corrected chi connectivity index (χ4v) is 2.08. The number of nitrogens with one attached hydrogen (secondary N) is 1. The summed E-state index contributed by atoms with van der Waals surface area (Å²) in [6.07, 6.45) is 0.920. The van der Waals surface area contributed by atoms with Crippen molar-refractivity contribution in [3.8, 4) is 0 Å². The van der Waals surface area contributed by atoms with Gasteiger partial charge in [0.05, 0.1) is 6.61 Å². The monoisotopic (exact) mass is 263 g/mol. The number of hydrogen-bond acceptors (Lipinski definition) is 3. The normalized spacial score (nSPS) is 13.4. The van der Waals surface area contributed by atoms with Gasteiger partial charge in [0.15, 0.2) is 0 Å². The van der Waals surface area contributed by atoms with Gasteiger partial charge in [0, 0.05) is 13.3 Å². The Balaban J connectivity index is 3.02. The highest BCUT2D eigenvalue weighted by molar-refractivity contribution is 5.87. The van der Waals surface area contributed by atoms with Crippen LogP contribution in [0.2, 0.25) is 0 Å². The Bertz CT molecular complexity index is 430. The van der Waals surface area contributed by atoms with Gasteiger partial charge in [-0.1, -0.05) is 37.3 Å². The van der Waals surface area contributed by atoms with E-state index in [9.17, 15) is 9.59 Å². The molecule has 1 rings (SSSR count). The van der Waals surface area contributed by atoms with Crippen molar-refractivity contribution < 1.29 is 14.3 Å². The van der Waals surface area contributed by atoms with E-state index in [0.29, 0.717) is 19.4 Å². The molecule has 0 heterocycles. The van der Waals surface area contributed by atoms with Crippen molar-refractivity contribution in [3.05, 3.63) is 35.9 Å². The molecule has 0 saturated heterocycles. The van der Waals surface area contributed by atoms with Gasteiger partial charge in [-0.3, -0.25) is 4.79 Å². The topological polar surface area (TPSA) is 55.4 Å². The summed E-state index contributed by atoms with van der Waals surface area (Å²) >= 11 is 0. The maximum absolute atomic E-state index is 12.2. The zero-order valence-corrected chi connectivity index (χ0v) is 11.7. The SMILES string of the molecule is CCOC(=O)[C@@](CC)(Cc1ccccc1)NC(C)=O. The summed E-state index contributed by atoms with van der Waals surface area (Å²) in [5.41, 5.74) is 0.00887. The molecule has 0 radical (unpaired) electrons. The molecule has 4 heteroatoms. The third kappa shape index (κ3) is 4.09. The minimum atomic E-state index is -0.983. The van der Waals surface area contributed by atoms with Crippen LogP contribution in [0.25, 0.3) is 0 Å². The molecule has 1 aromatic carbocycles. The molecule has 0 spiro atoms. The predicted molar refractivity (Wildman–Crippen MR) is 73.6 cm³/mol. The second kappa shape index (κ2) is 6.92. The summed E-state index contributed by atoms with van der Waals surface area (Å²) < 4.78 is 5.12. The Morgan fingerprint density at radius 2 is 1.84 bits per heavy atom. The molecule has 0 aromatic heterocycles. The summed E-state index contributed by atoms with van der Waals surface area (Å²) in [4.78, 5) is 23.6. The molecule has 0 aliphatic rings. The smallest absolute Gasteiger partial charge is 0.332 e. The molecule has 1 atom stereocenters. The molecular formula is C15H21NO3. The lowest BCUT2D eigenvalue weighted by molar-refractivity contribution is -0.153. The van der Waals surface area contributed by atoms with Gasteiger partial charge in [0.25, 0.3) is 0 Å². The van der Waals surface area contributed by atoms with Gasteiger partial charge in [-0.25, -0.2) is 4.79 Å². The van der Waals surface area contributed by atoms with Crippen molar-refractivity contribution in [1.29, 1.82) is 0 Å². The largest absolute Gasteiger partial charge is 0.464 e. The van der Waals surface area contributed by atoms with Crippen LogP contribution in [-0.2, 0) is 20.7 Å². The molecule has 0 aliphatic heterocycles. The van der Waals surface area contributed by atoms with E-state index in [1.807, 2.05) is 37.3 Å². The summed E-state index contributed by atoms with van der Waals surface area (Å²) in [6, 6.07) is 9.61. The average Bonchev–Trinajstić information content (AvgIpc) is 2.38. The standard InChI is InChI=1S/C15H21NO3/c1-4-15(16-12(3)17,14(18)19-5-2)11-13-9-7-6-8-10-13/h6-10H,4-5,11H2,1-3H3,(H,16,17)/t15-/m1/s1. The molecule has 1 amide bonds. The number of amides is 1. The first-order valence-electron chi connectivity index (χ1n) is 6.54. The second-order valence-corrected chi connectivity index (χ2v) is 4.50. The summed E-state index contributed by atoms with van der Waals surface area (Å²) in [5.74, 6) is -0.609. The van der Waals surface area contributed by atoms with Crippen LogP contribution >= 0.6 is 0 Å². The van der Waals surface area contributed by atoms with E-state index in [2.05, 4.69) is 5.32 Å². The van der Waals surface area contributed by atoms with Crippen LogP contribution in [0.4, 0.5) is 0 Å². The average molecular weight is 263 g/mol. The third-order valence-electron chi connectivity index (χ3n) is 3.03. The molecular weight excluding hydrogens is 242 g/mol. The highest BCUT2D eigenvalue weighted by Gasteiger charge is 2.39. The number of rotatable bonds is 6. The number of carbonyl (C=O) groups excluding carboxylic acids is 2. The van der Waals surface area contributed by atoms with E-state index in [1.54, 1.807) is 6.92 Å². The third-order valence-corrected chi connectivity index (χ3v) is 3.03. The molecule has 0 unspecified atom stereocenters. The summed E-state index contributed by atoms with van der Waals surface area (Å²) in [7, 11) is 0. The van der Waals surface area contributed by atoms with E-state index >= 15 is 0 Å². The number of benzene rings is 1. The summed E-state index contributed by atoms with van der Waals surface area (Å²) in [5, 5.41) is 2.76. The highest BCUT2D eigenvalue weighted by atomic mass is 16.5. The van der Waals surface area contributed by atoms with Gasteiger partial charge in [-0.2, -0.15) is 0 Å². The van der Waals surface area contributed by atoms with Crippen LogP contribution in [-0.4, -0.2) is 24.0 Å². The maximum atomic E-state index is 12.2. The number of ether oxygens (including phenoxy) is 1. The van der Waals surface area contributed by atoms with Crippen molar-refractivity contribution in [3.63, 3.8) is 0 Å². The van der Waals surface area contributed by atoms with Gasteiger partial charge < -0.3 is 10.1 Å². The van der Waals surface area contributed by atoms with E-state index < -0.39 is 5.54 Å². The molecule has 0 saturated carbocycles. The minimum Gasteiger partial charge on any atom is -0.464 e. The Kier molecular flexibility index (Phi) is 5.55. The van der Waals surface area contributed by atoms with Crippen LogP contribution in [0, 0.1) is 0 Å². The lowest BCUT2D eigenvalue weighted by Crippen LogP contribution is -2.56. The van der Waals surface area contributed by atoms with Crippen LogP contribution in [0.5, 0.6) is 0 Å². The molecule has 1 N–H and O–H groups in total. The Hall–Kier alpha value is -1.84. The van der Waals surface area contributed by atoms with Crippen molar-refractivity contribution >= 4 is 11.9 Å². The quantitative estimate of drug-likeness (QED) is 0.799. The van der Waals surface area contributed by atoms with Crippen LogP contribution in [0.1, 0.15) is 32.8 Å². The Morgan fingerprint density at radius 1 is 1.21 bits per heavy atom. The molecule has 19 heavy (non-hydrogen) atoms. The molecule has 1 aromatic rings. The van der Waals surface area contributed by atoms with Gasteiger partial charge in [0.1, 0.15) is 5.54 Å². The Morgan fingerprint density at radius 3 is 2.32 bits per heavy atom. The fraction of sp³-hybridized carbons (Fsp3) is 0.467. The van der Waals surface area contributed by atoms with Crippen LogP contribution in [0.3, 0.4) is 0 Å². The first kappa shape index (κ1) is 15.2. The predicted octanol–water partition coefficient (Wildman–Crippen LogP) is 2.08. The number of esters is 1. The minimum absolute atomic E-state index is 0.231. The van der Waals surface area contributed by atoms with Crippen molar-refractivity contribution in [1.82, 2.24) is 5.32 Å². The second-order valence-electron chi connectivity index (χ2n) is 4.50. The summed E-state index contributed by atoms with van der Waals surface area (Å²) in [6.45, 7) is 5.34. The maximum Gasteiger partial charge on any atom is 0.332 e. The molecule has 104 valence electrons. The number of carbonyl (C=O) groups is 2. The molecule has 0 fully saturated rings. The van der Waals surface area contributed by atoms with E-state index in [0.717, 1.165) is 5.56 Å². The van der Waals surface area contributed by atoms with Gasteiger partial charge in [-0.05, 0) is 18.9 Å². The van der Waals surface area contributed by atoms with Crippen molar-refractivity contribution in [2.75, 3.05) is 6.61 Å². The first-order chi connectivity index (χ1) is 9.04. The lowest BCUT2D eigenvalue weighted by Gasteiger charge is -2.31. The van der Waals surface area contributed by atoms with Crippen molar-refractivity contribution in [2.45, 2.75) is 39.2 Å². The zero-order valence-electron chi connectivity index (χ0n) is 11.7. The zero-order chi connectivity index (χ0) is 14.3. The van der Waals surface area contributed by atoms with Gasteiger partial charge in [0.2, 0.25) is 5.91 Å². The van der Waals surface area contributed by atoms with Crippen LogP contribution < -0.4 is 5.32 Å². The first-order valence-corrected chi connectivity index (χ1v) is 6.54. The van der Waals surface area contributed by atoms with Crippen molar-refractivity contribution in [2.24, 2.45) is 0 Å². The van der Waals surface area contributed by atoms with Gasteiger partial charge >= 0.3 is 5.97 Å². The molecule has 0 aliphatic carbocycles. The molecule has 4 nitrogen and oxygen atoms in total. The highest BCUT2D eigenvalue weighted by Crippen LogP contribution is 2.20. The number of hydrogen-bond donors (Lipinski definition) is 1. The van der Waals surface area contributed by atoms with Gasteiger partial charge in [-0.15, -0.1) is 0 Å².